The first-order valence-corrected chi connectivity index (χ1v) is 10.7. The molecule has 0 unspecified atom stereocenters. The third-order valence-corrected chi connectivity index (χ3v) is 5.67. The van der Waals surface area contributed by atoms with Crippen molar-refractivity contribution in [2.24, 2.45) is 0 Å². The molecule has 1 saturated heterocycles. The van der Waals surface area contributed by atoms with Crippen LogP contribution in [0.2, 0.25) is 5.02 Å². The van der Waals surface area contributed by atoms with Gasteiger partial charge in [-0.15, -0.1) is 0 Å². The lowest BCUT2D eigenvalue weighted by molar-refractivity contribution is -0.142. The number of hydrogen-bond acceptors (Lipinski definition) is 6. The summed E-state index contributed by atoms with van der Waals surface area (Å²) in [6, 6.07) is 9.86. The first-order chi connectivity index (χ1) is 15.8. The number of methoxy groups -OCH3 is 2. The van der Waals surface area contributed by atoms with Crippen molar-refractivity contribution in [1.82, 2.24) is 9.80 Å². The van der Waals surface area contributed by atoms with Crippen LogP contribution in [0.5, 0.6) is 11.5 Å². The summed E-state index contributed by atoms with van der Waals surface area (Å²) in [7, 11) is 2.72. The number of piperazine rings is 1. The Bertz CT molecular complexity index is 1040. The van der Waals surface area contributed by atoms with Gasteiger partial charge in [-0.3, -0.25) is 4.79 Å². The van der Waals surface area contributed by atoms with Gasteiger partial charge >= 0.3 is 12.0 Å². The Kier molecular flexibility index (Phi) is 8.00. The predicted molar refractivity (Wildman–Crippen MR) is 123 cm³/mol. The number of ether oxygens (including phenoxy) is 3. The fourth-order valence-corrected chi connectivity index (χ4v) is 3.46. The van der Waals surface area contributed by atoms with Crippen LogP contribution in [0.1, 0.15) is 15.9 Å². The molecule has 0 radical (unpaired) electrons. The maximum absolute atomic E-state index is 13.0. The number of nitrogens with zero attached hydrogens (tertiary/aromatic N) is 2. The van der Waals surface area contributed by atoms with Crippen LogP contribution in [0, 0.1) is 6.92 Å². The Labute approximate surface area is 197 Å². The Morgan fingerprint density at radius 3 is 2.30 bits per heavy atom. The van der Waals surface area contributed by atoms with Crippen molar-refractivity contribution in [2.75, 3.05) is 52.3 Å². The lowest BCUT2D eigenvalue weighted by Gasteiger charge is -2.34. The van der Waals surface area contributed by atoms with Crippen molar-refractivity contribution < 1.29 is 28.6 Å². The quantitative estimate of drug-likeness (QED) is 0.644. The average Bonchev–Trinajstić information content (AvgIpc) is 2.84. The first-order valence-electron chi connectivity index (χ1n) is 10.3. The zero-order chi connectivity index (χ0) is 24.0. The molecule has 1 heterocycles. The molecule has 10 heteroatoms. The molecule has 1 N–H and O–H groups in total. The van der Waals surface area contributed by atoms with Crippen LogP contribution in [-0.4, -0.2) is 74.7 Å². The van der Waals surface area contributed by atoms with Crippen LogP contribution >= 0.6 is 11.6 Å². The highest BCUT2D eigenvalue weighted by Crippen LogP contribution is 2.29. The van der Waals surface area contributed by atoms with Gasteiger partial charge in [-0.2, -0.15) is 0 Å². The first kappa shape index (κ1) is 24.2. The van der Waals surface area contributed by atoms with E-state index in [9.17, 15) is 14.4 Å². The number of benzene rings is 2. The van der Waals surface area contributed by atoms with Gasteiger partial charge in [-0.1, -0.05) is 17.7 Å². The minimum atomic E-state index is -0.524. The van der Waals surface area contributed by atoms with E-state index in [1.165, 1.54) is 14.2 Å². The normalized spacial score (nSPS) is 13.3. The topological polar surface area (TPSA) is 97.4 Å². The third-order valence-electron chi connectivity index (χ3n) is 5.26. The largest absolute Gasteiger partial charge is 0.493 e. The maximum atomic E-state index is 13.0. The zero-order valence-corrected chi connectivity index (χ0v) is 19.5. The van der Waals surface area contributed by atoms with Gasteiger partial charge in [0.1, 0.15) is 0 Å². The minimum absolute atomic E-state index is 0.182. The molecular weight excluding hydrogens is 450 g/mol. The Hall–Kier alpha value is -3.46. The number of hydrogen-bond donors (Lipinski definition) is 1. The number of nitrogens with one attached hydrogen (secondary N) is 1. The van der Waals surface area contributed by atoms with Crippen LogP contribution in [0.3, 0.4) is 0 Å². The number of rotatable bonds is 6. The van der Waals surface area contributed by atoms with Gasteiger partial charge in [0.2, 0.25) is 0 Å². The molecule has 33 heavy (non-hydrogen) atoms. The Morgan fingerprint density at radius 1 is 0.970 bits per heavy atom. The minimum Gasteiger partial charge on any atom is -0.493 e. The molecule has 3 rings (SSSR count). The van der Waals surface area contributed by atoms with Gasteiger partial charge in [-0.25, -0.2) is 9.59 Å². The summed E-state index contributed by atoms with van der Waals surface area (Å²) in [6.45, 7) is 3.21. The molecule has 9 nitrogen and oxygen atoms in total. The van der Waals surface area contributed by atoms with Gasteiger partial charge in [0.05, 0.1) is 14.2 Å². The van der Waals surface area contributed by atoms with Crippen molar-refractivity contribution in [2.45, 2.75) is 6.92 Å². The standard InChI is InChI=1S/C23H26ClN3O6/c1-15-4-6-17(13-18(15)24)25-23(30)27-10-8-26(9-11-27)22(29)16-5-7-19(20(12-16)31-2)33-14-21(28)32-3/h4-7,12-13H,8-11,14H2,1-3H3,(H,25,30). The zero-order valence-electron chi connectivity index (χ0n) is 18.7. The molecule has 1 aliphatic heterocycles. The second-order valence-corrected chi connectivity index (χ2v) is 7.81. The monoisotopic (exact) mass is 475 g/mol. The van der Waals surface area contributed by atoms with Gasteiger partial charge in [0, 0.05) is 42.5 Å². The summed E-state index contributed by atoms with van der Waals surface area (Å²) < 4.78 is 15.2. The summed E-state index contributed by atoms with van der Waals surface area (Å²) in [5.41, 5.74) is 1.97. The SMILES string of the molecule is COC(=O)COc1ccc(C(=O)N2CCN(C(=O)Nc3ccc(C)c(Cl)c3)CC2)cc1OC. The number of aryl methyl sites for hydroxylation is 1. The van der Waals surface area contributed by atoms with Crippen LogP contribution in [-0.2, 0) is 9.53 Å². The van der Waals surface area contributed by atoms with Gasteiger partial charge in [-0.05, 0) is 42.8 Å². The third kappa shape index (κ3) is 6.07. The Balaban J connectivity index is 1.57. The number of esters is 1. The molecule has 0 saturated carbocycles. The van der Waals surface area contributed by atoms with Crippen molar-refractivity contribution in [3.63, 3.8) is 0 Å². The number of halogens is 1. The summed E-state index contributed by atoms with van der Waals surface area (Å²) in [6.07, 6.45) is 0. The van der Waals surface area contributed by atoms with E-state index in [1.54, 1.807) is 40.1 Å². The summed E-state index contributed by atoms with van der Waals surface area (Å²) in [5.74, 6) is -0.0422. The van der Waals surface area contributed by atoms with Gasteiger partial charge in [0.15, 0.2) is 18.1 Å². The molecule has 0 atom stereocenters. The summed E-state index contributed by atoms with van der Waals surface area (Å²) in [5, 5.41) is 3.42. The van der Waals surface area contributed by atoms with E-state index in [1.807, 2.05) is 13.0 Å². The molecule has 3 amide bonds. The van der Waals surface area contributed by atoms with Gasteiger partial charge < -0.3 is 29.3 Å². The number of anilines is 1. The maximum Gasteiger partial charge on any atom is 0.343 e. The summed E-state index contributed by atoms with van der Waals surface area (Å²) >= 11 is 6.12. The average molecular weight is 476 g/mol. The van der Waals surface area contributed by atoms with Crippen LogP contribution in [0.15, 0.2) is 36.4 Å². The molecule has 1 fully saturated rings. The van der Waals surface area contributed by atoms with Crippen molar-refractivity contribution in [1.29, 1.82) is 0 Å². The highest BCUT2D eigenvalue weighted by Gasteiger charge is 2.25. The van der Waals surface area contributed by atoms with Crippen molar-refractivity contribution in [3.05, 3.63) is 52.5 Å². The second-order valence-electron chi connectivity index (χ2n) is 7.40. The molecule has 0 spiro atoms. The number of carbonyl (C=O) groups is 3. The predicted octanol–water partition coefficient (Wildman–Crippen LogP) is 3.20. The van der Waals surface area contributed by atoms with E-state index < -0.39 is 5.97 Å². The fraction of sp³-hybridized carbons (Fsp3) is 0.348. The molecular formula is C23H26ClN3O6. The summed E-state index contributed by atoms with van der Waals surface area (Å²) in [4.78, 5) is 40.1. The van der Waals surface area contributed by atoms with Crippen molar-refractivity contribution in [3.8, 4) is 11.5 Å². The van der Waals surface area contributed by atoms with Crippen LogP contribution in [0.25, 0.3) is 0 Å². The molecule has 2 aromatic carbocycles. The van der Waals surface area contributed by atoms with E-state index in [2.05, 4.69) is 10.1 Å². The molecule has 0 aliphatic carbocycles. The molecule has 2 aromatic rings. The highest BCUT2D eigenvalue weighted by molar-refractivity contribution is 6.31. The number of carbonyl (C=O) groups excluding carboxylic acids is 3. The number of amides is 3. The number of urea groups is 1. The molecule has 1 aliphatic rings. The molecule has 176 valence electrons. The Morgan fingerprint density at radius 2 is 1.67 bits per heavy atom. The van der Waals surface area contributed by atoms with E-state index in [0.717, 1.165) is 5.56 Å². The van der Waals surface area contributed by atoms with Crippen LogP contribution < -0.4 is 14.8 Å². The fourth-order valence-electron chi connectivity index (χ4n) is 3.28. The van der Waals surface area contributed by atoms with E-state index in [0.29, 0.717) is 54.0 Å². The van der Waals surface area contributed by atoms with Crippen LogP contribution in [0.4, 0.5) is 10.5 Å². The van der Waals surface area contributed by atoms with Crippen molar-refractivity contribution >= 4 is 35.2 Å². The smallest absolute Gasteiger partial charge is 0.343 e. The van der Waals surface area contributed by atoms with E-state index >= 15 is 0 Å². The molecule has 0 aromatic heterocycles. The highest BCUT2D eigenvalue weighted by atomic mass is 35.5. The second kappa shape index (κ2) is 10.9. The molecule has 0 bridgehead atoms. The van der Waals surface area contributed by atoms with E-state index in [-0.39, 0.29) is 18.5 Å². The van der Waals surface area contributed by atoms with E-state index in [4.69, 9.17) is 21.1 Å². The lowest BCUT2D eigenvalue weighted by atomic mass is 10.1. The van der Waals surface area contributed by atoms with Gasteiger partial charge in [0.25, 0.3) is 5.91 Å². The lowest BCUT2D eigenvalue weighted by Crippen LogP contribution is -2.51.